The summed E-state index contributed by atoms with van der Waals surface area (Å²) >= 11 is 0. The summed E-state index contributed by atoms with van der Waals surface area (Å²) in [7, 11) is 0. The Morgan fingerprint density at radius 2 is 1.96 bits per heavy atom. The minimum atomic E-state index is -1.05. The molecule has 24 heavy (non-hydrogen) atoms. The number of nitrogens with zero attached hydrogens (tertiary/aromatic N) is 2. The van der Waals surface area contributed by atoms with Gasteiger partial charge in [-0.05, 0) is 30.7 Å². The van der Waals surface area contributed by atoms with Gasteiger partial charge in [0.25, 0.3) is 0 Å². The van der Waals surface area contributed by atoms with Gasteiger partial charge in [0.1, 0.15) is 11.4 Å². The van der Waals surface area contributed by atoms with Crippen molar-refractivity contribution in [2.24, 2.45) is 0 Å². The number of ether oxygens (including phenoxy) is 1. The zero-order valence-corrected chi connectivity index (χ0v) is 13.1. The molecule has 0 bridgehead atoms. The number of β-amino-alcohol motifs (C(OH)–C–C–N with tert-alkyl or cyclic N) is 1. The van der Waals surface area contributed by atoms with E-state index >= 15 is 0 Å². The second-order valence-corrected chi connectivity index (χ2v) is 5.74. The molecule has 1 aliphatic heterocycles. The third-order valence-electron chi connectivity index (χ3n) is 4.09. The highest BCUT2D eigenvalue weighted by Crippen LogP contribution is 2.38. The average molecular weight is 332 g/mol. The number of benzene rings is 2. The molecule has 0 aliphatic carbocycles. The van der Waals surface area contributed by atoms with E-state index in [-0.39, 0.29) is 17.3 Å². The fraction of sp³-hybridized carbons (Fsp3) is 0.294. The number of aliphatic hydroxyl groups is 1. The summed E-state index contributed by atoms with van der Waals surface area (Å²) in [5, 5.41) is 21.6. The molecule has 0 radical (unpaired) electrons. The number of halogens is 1. The Morgan fingerprint density at radius 1 is 1.29 bits per heavy atom. The molecule has 1 heterocycles. The maximum absolute atomic E-state index is 13.0. The molecule has 0 amide bonds. The first-order valence-electron chi connectivity index (χ1n) is 7.57. The van der Waals surface area contributed by atoms with Gasteiger partial charge in [-0.25, -0.2) is 4.39 Å². The number of rotatable bonds is 5. The first kappa shape index (κ1) is 16.2. The van der Waals surface area contributed by atoms with Gasteiger partial charge in [-0.15, -0.1) is 0 Å². The van der Waals surface area contributed by atoms with E-state index in [9.17, 15) is 19.6 Å². The van der Waals surface area contributed by atoms with Gasteiger partial charge >= 0.3 is 5.69 Å². The lowest BCUT2D eigenvalue weighted by atomic mass is 9.85. The summed E-state index contributed by atoms with van der Waals surface area (Å²) in [5.74, 6) is -0.146. The van der Waals surface area contributed by atoms with Crippen LogP contribution in [0.2, 0.25) is 0 Å². The summed E-state index contributed by atoms with van der Waals surface area (Å²) in [6, 6.07) is 10.4. The number of hydrogen-bond acceptors (Lipinski definition) is 5. The molecule has 7 heteroatoms. The Kier molecular flexibility index (Phi) is 4.11. The zero-order valence-electron chi connectivity index (χ0n) is 13.1. The highest BCUT2D eigenvalue weighted by Gasteiger charge is 2.43. The second-order valence-electron chi connectivity index (χ2n) is 5.74. The Labute approximate surface area is 138 Å². The predicted octanol–water partition coefficient (Wildman–Crippen LogP) is 2.84. The summed E-state index contributed by atoms with van der Waals surface area (Å²) in [6.07, 6.45) is 0. The molecular formula is C17H17FN2O4. The Balaban J connectivity index is 1.79. The van der Waals surface area contributed by atoms with Crippen LogP contribution in [0.3, 0.4) is 0 Å². The minimum absolute atomic E-state index is 0.0880. The molecule has 1 saturated heterocycles. The molecule has 126 valence electrons. The van der Waals surface area contributed by atoms with E-state index < -0.39 is 10.5 Å². The molecule has 1 aliphatic rings. The van der Waals surface area contributed by atoms with Gasteiger partial charge in [0.05, 0.1) is 24.6 Å². The van der Waals surface area contributed by atoms with Crippen molar-refractivity contribution in [1.29, 1.82) is 0 Å². The van der Waals surface area contributed by atoms with Gasteiger partial charge in [-0.2, -0.15) is 0 Å². The van der Waals surface area contributed by atoms with Gasteiger partial charge < -0.3 is 14.7 Å². The van der Waals surface area contributed by atoms with Gasteiger partial charge in [0.2, 0.25) is 0 Å². The summed E-state index contributed by atoms with van der Waals surface area (Å²) < 4.78 is 18.3. The van der Waals surface area contributed by atoms with Crippen LogP contribution in [0.25, 0.3) is 0 Å². The molecule has 0 saturated carbocycles. The largest absolute Gasteiger partial charge is 0.487 e. The summed E-state index contributed by atoms with van der Waals surface area (Å²) in [6.45, 7) is 2.72. The molecule has 1 fully saturated rings. The molecule has 0 unspecified atom stereocenters. The maximum atomic E-state index is 13.0. The van der Waals surface area contributed by atoms with Crippen LogP contribution in [-0.2, 0) is 5.60 Å². The number of hydrogen-bond donors (Lipinski definition) is 1. The Hall–Kier alpha value is -2.67. The van der Waals surface area contributed by atoms with Gasteiger partial charge in [0.15, 0.2) is 5.75 Å². The first-order valence-corrected chi connectivity index (χ1v) is 7.57. The van der Waals surface area contributed by atoms with Crippen molar-refractivity contribution in [3.63, 3.8) is 0 Å². The number of anilines is 1. The highest BCUT2D eigenvalue weighted by molar-refractivity contribution is 5.61. The molecule has 3 rings (SSSR count). The van der Waals surface area contributed by atoms with E-state index in [0.29, 0.717) is 25.3 Å². The van der Waals surface area contributed by atoms with Crippen LogP contribution in [-0.4, -0.2) is 29.7 Å². The average Bonchev–Trinajstić information content (AvgIpc) is 2.52. The molecule has 1 N–H and O–H groups in total. The fourth-order valence-corrected chi connectivity index (χ4v) is 2.83. The van der Waals surface area contributed by atoms with Crippen molar-refractivity contribution in [3.8, 4) is 5.75 Å². The molecular weight excluding hydrogens is 315 g/mol. The third kappa shape index (κ3) is 2.90. The smallest absolute Gasteiger partial charge is 0.311 e. The molecule has 2 aromatic carbocycles. The van der Waals surface area contributed by atoms with E-state index in [1.165, 1.54) is 18.2 Å². The quantitative estimate of drug-likeness (QED) is 0.673. The first-order chi connectivity index (χ1) is 11.4. The SMILES string of the molecule is CCOc1cc(N2CC(O)(c3ccc(F)cc3)C2)ccc1[N+](=O)[O-]. The van der Waals surface area contributed by atoms with Crippen LogP contribution in [0.5, 0.6) is 5.75 Å². The van der Waals surface area contributed by atoms with E-state index in [4.69, 9.17) is 4.74 Å². The van der Waals surface area contributed by atoms with Crippen molar-refractivity contribution in [3.05, 3.63) is 64.0 Å². The van der Waals surface area contributed by atoms with Gasteiger partial charge in [-0.1, -0.05) is 12.1 Å². The molecule has 0 spiro atoms. The maximum Gasteiger partial charge on any atom is 0.311 e. The minimum Gasteiger partial charge on any atom is -0.487 e. The number of nitro groups is 1. The Morgan fingerprint density at radius 3 is 2.54 bits per heavy atom. The van der Waals surface area contributed by atoms with Gasteiger partial charge in [0, 0.05) is 17.8 Å². The highest BCUT2D eigenvalue weighted by atomic mass is 19.1. The van der Waals surface area contributed by atoms with Crippen LogP contribution in [0.1, 0.15) is 12.5 Å². The van der Waals surface area contributed by atoms with Crippen molar-refractivity contribution in [2.45, 2.75) is 12.5 Å². The van der Waals surface area contributed by atoms with Crippen molar-refractivity contribution in [1.82, 2.24) is 0 Å². The molecule has 2 aromatic rings. The van der Waals surface area contributed by atoms with E-state index in [1.807, 2.05) is 4.90 Å². The van der Waals surface area contributed by atoms with E-state index in [2.05, 4.69) is 0 Å². The van der Waals surface area contributed by atoms with E-state index in [1.54, 1.807) is 31.2 Å². The molecule has 0 aromatic heterocycles. The predicted molar refractivity (Wildman–Crippen MR) is 86.8 cm³/mol. The summed E-state index contributed by atoms with van der Waals surface area (Å²) in [4.78, 5) is 12.4. The van der Waals surface area contributed by atoms with E-state index in [0.717, 1.165) is 5.69 Å². The van der Waals surface area contributed by atoms with Crippen LogP contribution >= 0.6 is 0 Å². The third-order valence-corrected chi connectivity index (χ3v) is 4.09. The van der Waals surface area contributed by atoms with Crippen LogP contribution in [0.15, 0.2) is 42.5 Å². The topological polar surface area (TPSA) is 75.8 Å². The normalized spacial score (nSPS) is 15.7. The standard InChI is InChI=1S/C17H17FN2O4/c1-2-24-16-9-14(7-8-15(16)20(22)23)19-10-17(21,11-19)12-3-5-13(18)6-4-12/h3-9,21H,2,10-11H2,1H3. The van der Waals surface area contributed by atoms with Crippen molar-refractivity contribution < 1.29 is 19.2 Å². The monoisotopic (exact) mass is 332 g/mol. The zero-order chi connectivity index (χ0) is 17.3. The lowest BCUT2D eigenvalue weighted by Gasteiger charge is -2.48. The fourth-order valence-electron chi connectivity index (χ4n) is 2.83. The molecule has 0 atom stereocenters. The van der Waals surface area contributed by atoms with Crippen LogP contribution in [0, 0.1) is 15.9 Å². The van der Waals surface area contributed by atoms with Crippen LogP contribution < -0.4 is 9.64 Å². The lowest BCUT2D eigenvalue weighted by Crippen LogP contribution is -2.59. The number of nitro benzene ring substituents is 1. The Bertz CT molecular complexity index is 758. The molecule has 6 nitrogen and oxygen atoms in total. The lowest BCUT2D eigenvalue weighted by molar-refractivity contribution is -0.385. The van der Waals surface area contributed by atoms with Crippen LogP contribution in [0.4, 0.5) is 15.8 Å². The van der Waals surface area contributed by atoms with Crippen molar-refractivity contribution >= 4 is 11.4 Å². The summed E-state index contributed by atoms with van der Waals surface area (Å²) in [5.41, 5.74) is 0.235. The second kappa shape index (κ2) is 6.09. The van der Waals surface area contributed by atoms with Crippen molar-refractivity contribution in [2.75, 3.05) is 24.6 Å². The van der Waals surface area contributed by atoms with Gasteiger partial charge in [-0.3, -0.25) is 10.1 Å².